The summed E-state index contributed by atoms with van der Waals surface area (Å²) in [6.45, 7) is 2.15. The van der Waals surface area contributed by atoms with Crippen molar-refractivity contribution in [3.63, 3.8) is 0 Å². The van der Waals surface area contributed by atoms with Crippen molar-refractivity contribution >= 4 is 40.3 Å². The molecular formula is C14H14Cl2N6O2. The summed E-state index contributed by atoms with van der Waals surface area (Å²) in [5.74, 6) is 1.24. The topological polar surface area (TPSA) is 101 Å². The molecule has 0 aliphatic rings. The Morgan fingerprint density at radius 3 is 2.62 bits per heavy atom. The zero-order chi connectivity index (χ0) is 17.4. The van der Waals surface area contributed by atoms with Crippen molar-refractivity contribution < 1.29 is 9.47 Å². The van der Waals surface area contributed by atoms with Gasteiger partial charge in [0.1, 0.15) is 11.5 Å². The third-order valence-electron chi connectivity index (χ3n) is 3.58. The molecule has 24 heavy (non-hydrogen) atoms. The maximum atomic E-state index is 6.45. The van der Waals surface area contributed by atoms with E-state index in [0.717, 1.165) is 11.1 Å². The van der Waals surface area contributed by atoms with Gasteiger partial charge in [-0.25, -0.2) is 4.68 Å². The van der Waals surface area contributed by atoms with Crippen LogP contribution in [0.1, 0.15) is 11.1 Å². The zero-order valence-corrected chi connectivity index (χ0v) is 14.7. The van der Waals surface area contributed by atoms with Crippen molar-refractivity contribution in [2.45, 2.75) is 13.5 Å². The van der Waals surface area contributed by atoms with Crippen LogP contribution in [0.5, 0.6) is 11.5 Å². The second-order valence-electron chi connectivity index (χ2n) is 5.00. The fourth-order valence-electron chi connectivity index (χ4n) is 2.43. The van der Waals surface area contributed by atoms with E-state index in [-0.39, 0.29) is 17.6 Å². The van der Waals surface area contributed by atoms with Crippen molar-refractivity contribution in [1.82, 2.24) is 25.0 Å². The molecule has 2 aromatic heterocycles. The fourth-order valence-corrected chi connectivity index (χ4v) is 2.97. The van der Waals surface area contributed by atoms with Gasteiger partial charge in [0.05, 0.1) is 25.8 Å². The Bertz CT molecular complexity index is 928. The first-order valence-corrected chi connectivity index (χ1v) is 7.64. The van der Waals surface area contributed by atoms with Gasteiger partial charge in [0.25, 0.3) is 0 Å². The molecule has 0 saturated heterocycles. The highest BCUT2D eigenvalue weighted by Gasteiger charge is 2.18. The highest BCUT2D eigenvalue weighted by molar-refractivity contribution is 6.33. The fraction of sp³-hybridized carbons (Fsp3) is 0.286. The zero-order valence-electron chi connectivity index (χ0n) is 13.2. The van der Waals surface area contributed by atoms with E-state index in [1.165, 1.54) is 4.68 Å². The highest BCUT2D eigenvalue weighted by Crippen LogP contribution is 2.38. The molecule has 0 spiro atoms. The van der Waals surface area contributed by atoms with Crippen LogP contribution in [0.15, 0.2) is 6.07 Å². The third kappa shape index (κ3) is 2.67. The van der Waals surface area contributed by atoms with Gasteiger partial charge in [-0.1, -0.05) is 28.4 Å². The number of rotatable bonds is 4. The molecule has 0 saturated carbocycles. The summed E-state index contributed by atoms with van der Waals surface area (Å²) < 4.78 is 12.3. The van der Waals surface area contributed by atoms with E-state index in [2.05, 4.69) is 20.3 Å². The molecule has 1 aromatic carbocycles. The number of fused-ring (bicyclic) bond motifs is 1. The number of methoxy groups -OCH3 is 2. The minimum Gasteiger partial charge on any atom is -0.496 e. The molecule has 0 atom stereocenters. The van der Waals surface area contributed by atoms with Crippen LogP contribution in [-0.2, 0) is 6.54 Å². The van der Waals surface area contributed by atoms with Gasteiger partial charge in [-0.15, -0.1) is 5.10 Å². The van der Waals surface area contributed by atoms with E-state index in [4.69, 9.17) is 38.4 Å². The number of nitrogen functional groups attached to an aromatic ring is 1. The number of aromatic nitrogens is 5. The minimum absolute atomic E-state index is 0.0428. The lowest BCUT2D eigenvalue weighted by molar-refractivity contribution is 0.387. The maximum Gasteiger partial charge on any atom is 0.223 e. The SMILES string of the molecule is COc1cc(Cn2nnc3c(Cl)nc(N)nc32)c(Cl)c(OC)c1C. The number of anilines is 1. The molecule has 0 radical (unpaired) electrons. The van der Waals surface area contributed by atoms with Crippen LogP contribution in [0.4, 0.5) is 5.95 Å². The van der Waals surface area contributed by atoms with Crippen LogP contribution < -0.4 is 15.2 Å². The Morgan fingerprint density at radius 2 is 1.96 bits per heavy atom. The number of halogens is 2. The predicted molar refractivity (Wildman–Crippen MR) is 90.9 cm³/mol. The van der Waals surface area contributed by atoms with Gasteiger partial charge in [-0.2, -0.15) is 9.97 Å². The van der Waals surface area contributed by atoms with Crippen LogP contribution in [0.25, 0.3) is 11.2 Å². The number of ether oxygens (including phenoxy) is 2. The molecule has 2 heterocycles. The molecule has 0 bridgehead atoms. The second-order valence-corrected chi connectivity index (χ2v) is 5.74. The van der Waals surface area contributed by atoms with Crippen molar-refractivity contribution in [2.24, 2.45) is 0 Å². The van der Waals surface area contributed by atoms with E-state index < -0.39 is 0 Å². The van der Waals surface area contributed by atoms with E-state index >= 15 is 0 Å². The summed E-state index contributed by atoms with van der Waals surface area (Å²) in [6.07, 6.45) is 0. The number of nitrogens with two attached hydrogens (primary N) is 1. The Kier molecular flexibility index (Phi) is 4.33. The van der Waals surface area contributed by atoms with E-state index in [0.29, 0.717) is 27.7 Å². The number of nitrogens with zero attached hydrogens (tertiary/aromatic N) is 5. The quantitative estimate of drug-likeness (QED) is 0.705. The van der Waals surface area contributed by atoms with Gasteiger partial charge < -0.3 is 15.2 Å². The molecule has 8 nitrogen and oxygen atoms in total. The summed E-state index contributed by atoms with van der Waals surface area (Å²) in [4.78, 5) is 8.00. The van der Waals surface area contributed by atoms with Crippen molar-refractivity contribution in [3.8, 4) is 11.5 Å². The molecule has 10 heteroatoms. The summed E-state index contributed by atoms with van der Waals surface area (Å²) in [6, 6.07) is 1.82. The Morgan fingerprint density at radius 1 is 1.21 bits per heavy atom. The molecule has 0 amide bonds. The van der Waals surface area contributed by atoms with E-state index in [1.54, 1.807) is 14.2 Å². The van der Waals surface area contributed by atoms with Crippen LogP contribution >= 0.6 is 23.2 Å². The molecule has 3 aromatic rings. The molecule has 126 valence electrons. The van der Waals surface area contributed by atoms with Gasteiger partial charge in [0, 0.05) is 5.56 Å². The lowest BCUT2D eigenvalue weighted by Crippen LogP contribution is -2.07. The van der Waals surface area contributed by atoms with Gasteiger partial charge >= 0.3 is 0 Å². The van der Waals surface area contributed by atoms with Crippen LogP contribution in [0.3, 0.4) is 0 Å². The molecule has 0 unspecified atom stereocenters. The van der Waals surface area contributed by atoms with Gasteiger partial charge in [-0.05, 0) is 18.6 Å². The van der Waals surface area contributed by atoms with Crippen molar-refractivity contribution in [3.05, 3.63) is 27.4 Å². The van der Waals surface area contributed by atoms with Crippen molar-refractivity contribution in [2.75, 3.05) is 20.0 Å². The normalized spacial score (nSPS) is 11.0. The largest absolute Gasteiger partial charge is 0.496 e. The predicted octanol–water partition coefficient (Wildman–Crippen LogP) is 2.48. The average Bonchev–Trinajstić information content (AvgIpc) is 2.93. The van der Waals surface area contributed by atoms with Crippen LogP contribution in [0.2, 0.25) is 10.2 Å². The summed E-state index contributed by atoms with van der Waals surface area (Å²) in [7, 11) is 3.13. The van der Waals surface area contributed by atoms with Crippen molar-refractivity contribution in [1.29, 1.82) is 0 Å². The Hall–Kier alpha value is -2.32. The molecular weight excluding hydrogens is 355 g/mol. The molecule has 0 fully saturated rings. The summed E-state index contributed by atoms with van der Waals surface area (Å²) in [5, 5.41) is 8.65. The first-order chi connectivity index (χ1) is 11.5. The lowest BCUT2D eigenvalue weighted by Gasteiger charge is -2.15. The van der Waals surface area contributed by atoms with E-state index in [1.807, 2.05) is 13.0 Å². The first kappa shape index (κ1) is 16.5. The Balaban J connectivity index is 2.12. The van der Waals surface area contributed by atoms with Gasteiger partial charge in [0.15, 0.2) is 16.3 Å². The maximum absolute atomic E-state index is 6.45. The molecule has 0 aliphatic carbocycles. The molecule has 3 rings (SSSR count). The Labute approximate surface area is 147 Å². The van der Waals surface area contributed by atoms with Crippen LogP contribution in [0, 0.1) is 6.92 Å². The minimum atomic E-state index is 0.0428. The number of hydrogen-bond acceptors (Lipinski definition) is 7. The number of hydrogen-bond donors (Lipinski definition) is 1. The monoisotopic (exact) mass is 368 g/mol. The molecule has 2 N–H and O–H groups in total. The van der Waals surface area contributed by atoms with Crippen LogP contribution in [-0.4, -0.2) is 39.2 Å². The second kappa shape index (κ2) is 6.29. The standard InChI is InChI=1S/C14H14Cl2N6O2/c1-6-8(23-2)4-7(9(15)11(6)24-3)5-22-13-10(20-21-22)12(16)18-14(17)19-13/h4H,5H2,1-3H3,(H2,17,18,19). The lowest BCUT2D eigenvalue weighted by atomic mass is 10.1. The van der Waals surface area contributed by atoms with E-state index in [9.17, 15) is 0 Å². The summed E-state index contributed by atoms with van der Waals surface area (Å²) in [5.41, 5.74) is 7.98. The average molecular weight is 369 g/mol. The molecule has 0 aliphatic heterocycles. The summed E-state index contributed by atoms with van der Waals surface area (Å²) >= 11 is 12.5. The first-order valence-electron chi connectivity index (χ1n) is 6.88. The third-order valence-corrected chi connectivity index (χ3v) is 4.26. The highest BCUT2D eigenvalue weighted by atomic mass is 35.5. The smallest absolute Gasteiger partial charge is 0.223 e. The van der Waals surface area contributed by atoms with Gasteiger partial charge in [-0.3, -0.25) is 0 Å². The van der Waals surface area contributed by atoms with Gasteiger partial charge in [0.2, 0.25) is 5.95 Å². The number of benzene rings is 1.